The van der Waals surface area contributed by atoms with Crippen LogP contribution >= 0.6 is 11.6 Å². The van der Waals surface area contributed by atoms with Crippen LogP contribution in [0.1, 0.15) is 43.2 Å². The molecule has 3 rings (SSSR count). The fraction of sp³-hybridized carbons (Fsp3) is 0.346. The van der Waals surface area contributed by atoms with Crippen molar-refractivity contribution >= 4 is 34.9 Å². The molecule has 0 unspecified atom stereocenters. The first-order valence-electron chi connectivity index (χ1n) is 11.7. The molecule has 0 spiro atoms. The highest BCUT2D eigenvalue weighted by molar-refractivity contribution is 6.32. The molecule has 1 heterocycles. The number of aromatic nitrogens is 2. The summed E-state index contributed by atoms with van der Waals surface area (Å²) in [6.45, 7) is 6.35. The van der Waals surface area contributed by atoms with Gasteiger partial charge in [-0.15, -0.1) is 0 Å². The lowest BCUT2D eigenvalue weighted by atomic mass is 9.92. The van der Waals surface area contributed by atoms with Crippen molar-refractivity contribution in [3.8, 4) is 5.69 Å². The Morgan fingerprint density at radius 1 is 1.16 bits per heavy atom. The van der Waals surface area contributed by atoms with E-state index >= 15 is 0 Å². The summed E-state index contributed by atoms with van der Waals surface area (Å²) in [5, 5.41) is 19.2. The minimum atomic E-state index is -0.568. The van der Waals surface area contributed by atoms with Gasteiger partial charge in [-0.25, -0.2) is 4.68 Å². The van der Waals surface area contributed by atoms with E-state index in [2.05, 4.69) is 10.4 Å². The molecule has 3 aromatic rings. The van der Waals surface area contributed by atoms with Crippen molar-refractivity contribution in [3.63, 3.8) is 0 Å². The largest absolute Gasteiger partial charge is 0.385 e. The van der Waals surface area contributed by atoms with Gasteiger partial charge in [-0.3, -0.25) is 19.7 Å². The molecule has 0 saturated carbocycles. The molecule has 0 radical (unpaired) electrons. The van der Waals surface area contributed by atoms with Gasteiger partial charge in [-0.2, -0.15) is 5.10 Å². The number of methoxy groups -OCH3 is 1. The number of anilines is 1. The van der Waals surface area contributed by atoms with Crippen LogP contribution in [0.25, 0.3) is 5.69 Å². The standard InChI is InChI=1S/C26H30ClN5O5/c1-26(2,3)22-16-23(31(29-22)21-12-6-5-11-20(21)27)28-24(33)17-30(13-8-14-37-4)25(34)18-9-7-10-19(15-18)32(35)36/h5-7,9-12,15-16H,8,13-14,17H2,1-4H3,(H,28,33). The summed E-state index contributed by atoms with van der Waals surface area (Å²) in [4.78, 5) is 38.3. The Balaban J connectivity index is 1.88. The van der Waals surface area contributed by atoms with Crippen molar-refractivity contribution in [2.45, 2.75) is 32.6 Å². The lowest BCUT2D eigenvalue weighted by molar-refractivity contribution is -0.384. The van der Waals surface area contributed by atoms with Gasteiger partial charge in [0, 0.05) is 49.4 Å². The molecular weight excluding hydrogens is 498 g/mol. The zero-order valence-electron chi connectivity index (χ0n) is 21.2. The Kier molecular flexibility index (Phi) is 9.01. The first-order chi connectivity index (χ1) is 17.5. The number of hydrogen-bond donors (Lipinski definition) is 1. The predicted molar refractivity (Wildman–Crippen MR) is 141 cm³/mol. The summed E-state index contributed by atoms with van der Waals surface area (Å²) >= 11 is 6.40. The van der Waals surface area contributed by atoms with Gasteiger partial charge >= 0.3 is 0 Å². The second-order valence-electron chi connectivity index (χ2n) is 9.46. The minimum absolute atomic E-state index is 0.121. The van der Waals surface area contributed by atoms with E-state index in [1.165, 1.54) is 29.2 Å². The Hall–Kier alpha value is -3.76. The van der Waals surface area contributed by atoms with E-state index in [0.717, 1.165) is 5.69 Å². The number of amides is 2. The molecule has 196 valence electrons. The van der Waals surface area contributed by atoms with Crippen molar-refractivity contribution in [1.82, 2.24) is 14.7 Å². The molecule has 0 saturated heterocycles. The van der Waals surface area contributed by atoms with Gasteiger partial charge in [0.15, 0.2) is 0 Å². The SMILES string of the molecule is COCCCN(CC(=O)Nc1cc(C(C)(C)C)nn1-c1ccccc1Cl)C(=O)c1cccc([N+](=O)[O-])c1. The Morgan fingerprint density at radius 2 is 1.89 bits per heavy atom. The van der Waals surface area contributed by atoms with E-state index in [1.807, 2.05) is 26.8 Å². The van der Waals surface area contributed by atoms with Crippen molar-refractivity contribution in [2.24, 2.45) is 0 Å². The molecule has 1 aromatic heterocycles. The summed E-state index contributed by atoms with van der Waals surface area (Å²) in [6.07, 6.45) is 0.482. The van der Waals surface area contributed by atoms with Gasteiger partial charge in [-0.05, 0) is 24.6 Å². The average Bonchev–Trinajstić information content (AvgIpc) is 3.27. The maximum Gasteiger partial charge on any atom is 0.270 e. The van der Waals surface area contributed by atoms with Crippen molar-refractivity contribution in [2.75, 3.05) is 32.1 Å². The molecule has 2 aromatic carbocycles. The van der Waals surface area contributed by atoms with E-state index in [1.54, 1.807) is 36.1 Å². The van der Waals surface area contributed by atoms with Gasteiger partial charge in [-0.1, -0.05) is 50.6 Å². The van der Waals surface area contributed by atoms with E-state index in [4.69, 9.17) is 16.3 Å². The lowest BCUT2D eigenvalue weighted by Gasteiger charge is -2.22. The number of carbonyl (C=O) groups is 2. The summed E-state index contributed by atoms with van der Waals surface area (Å²) in [5.74, 6) is -0.544. The van der Waals surface area contributed by atoms with Crippen LogP contribution in [0.5, 0.6) is 0 Å². The summed E-state index contributed by atoms with van der Waals surface area (Å²) in [6, 6.07) is 14.4. The number of rotatable bonds is 10. The van der Waals surface area contributed by atoms with Gasteiger partial charge in [0.2, 0.25) is 5.91 Å². The topological polar surface area (TPSA) is 120 Å². The van der Waals surface area contributed by atoms with Crippen LogP contribution in [-0.4, -0.2) is 58.2 Å². The zero-order valence-corrected chi connectivity index (χ0v) is 22.0. The highest BCUT2D eigenvalue weighted by Gasteiger charge is 2.24. The van der Waals surface area contributed by atoms with Crippen LogP contribution in [0, 0.1) is 10.1 Å². The molecule has 0 fully saturated rings. The predicted octanol–water partition coefficient (Wildman–Crippen LogP) is 4.85. The molecule has 11 heteroatoms. The molecule has 0 aliphatic rings. The number of ether oxygens (including phenoxy) is 1. The number of benzene rings is 2. The smallest absolute Gasteiger partial charge is 0.270 e. The first-order valence-corrected chi connectivity index (χ1v) is 12.1. The average molecular weight is 528 g/mol. The molecule has 1 N–H and O–H groups in total. The van der Waals surface area contributed by atoms with Crippen LogP contribution in [0.2, 0.25) is 5.02 Å². The molecule has 0 atom stereocenters. The van der Waals surface area contributed by atoms with Crippen LogP contribution in [0.15, 0.2) is 54.6 Å². The molecule has 0 bridgehead atoms. The number of non-ortho nitro benzene ring substituents is 1. The third-order valence-electron chi connectivity index (χ3n) is 5.53. The summed E-state index contributed by atoms with van der Waals surface area (Å²) in [5.41, 5.74) is 0.962. The molecule has 37 heavy (non-hydrogen) atoms. The Labute approximate surface area is 220 Å². The molecular formula is C26H30ClN5O5. The highest BCUT2D eigenvalue weighted by atomic mass is 35.5. The number of carbonyl (C=O) groups excluding carboxylic acids is 2. The Bertz CT molecular complexity index is 1280. The van der Waals surface area contributed by atoms with Crippen LogP contribution in [0.4, 0.5) is 11.5 Å². The normalized spacial score (nSPS) is 11.3. The van der Waals surface area contributed by atoms with E-state index in [9.17, 15) is 19.7 Å². The summed E-state index contributed by atoms with van der Waals surface area (Å²) in [7, 11) is 1.54. The maximum atomic E-state index is 13.2. The summed E-state index contributed by atoms with van der Waals surface area (Å²) < 4.78 is 6.66. The maximum absolute atomic E-state index is 13.2. The van der Waals surface area contributed by atoms with E-state index in [-0.39, 0.29) is 29.8 Å². The number of nitrogens with one attached hydrogen (secondary N) is 1. The second kappa shape index (κ2) is 12.0. The quantitative estimate of drug-likeness (QED) is 0.229. The fourth-order valence-corrected chi connectivity index (χ4v) is 3.80. The van der Waals surface area contributed by atoms with Gasteiger partial charge in [0.25, 0.3) is 11.6 Å². The monoisotopic (exact) mass is 527 g/mol. The number of nitrogens with zero attached hydrogens (tertiary/aromatic N) is 4. The number of nitro benzene ring substituents is 1. The zero-order chi connectivity index (χ0) is 27.2. The molecule has 0 aliphatic heterocycles. The van der Waals surface area contributed by atoms with Gasteiger partial charge in [0.05, 0.1) is 21.3 Å². The van der Waals surface area contributed by atoms with Crippen LogP contribution < -0.4 is 5.32 Å². The van der Waals surface area contributed by atoms with Gasteiger partial charge in [0.1, 0.15) is 12.4 Å². The van der Waals surface area contributed by atoms with Crippen molar-refractivity contribution < 1.29 is 19.2 Å². The highest BCUT2D eigenvalue weighted by Crippen LogP contribution is 2.29. The lowest BCUT2D eigenvalue weighted by Crippen LogP contribution is -2.39. The number of nitro groups is 1. The van der Waals surface area contributed by atoms with Crippen LogP contribution in [0.3, 0.4) is 0 Å². The molecule has 0 aliphatic carbocycles. The Morgan fingerprint density at radius 3 is 2.54 bits per heavy atom. The van der Waals surface area contributed by atoms with Crippen LogP contribution in [-0.2, 0) is 14.9 Å². The van der Waals surface area contributed by atoms with Gasteiger partial charge < -0.3 is 15.0 Å². The third-order valence-corrected chi connectivity index (χ3v) is 5.85. The number of para-hydroxylation sites is 1. The van der Waals surface area contributed by atoms with E-state index in [0.29, 0.717) is 29.6 Å². The van der Waals surface area contributed by atoms with E-state index < -0.39 is 16.7 Å². The third kappa shape index (κ3) is 7.14. The molecule has 10 nitrogen and oxygen atoms in total. The first kappa shape index (κ1) is 27.8. The van der Waals surface area contributed by atoms with Crippen molar-refractivity contribution in [1.29, 1.82) is 0 Å². The van der Waals surface area contributed by atoms with Crippen molar-refractivity contribution in [3.05, 3.63) is 81.0 Å². The number of hydrogen-bond acceptors (Lipinski definition) is 6. The molecule has 2 amide bonds. The number of halogens is 1. The second-order valence-corrected chi connectivity index (χ2v) is 9.86. The fourth-order valence-electron chi connectivity index (χ4n) is 3.59. The minimum Gasteiger partial charge on any atom is -0.385 e.